The molecule has 156 valence electrons. The van der Waals surface area contributed by atoms with Gasteiger partial charge in [0.05, 0.1) is 17.7 Å². The van der Waals surface area contributed by atoms with Crippen LogP contribution < -0.4 is 10.2 Å². The summed E-state index contributed by atoms with van der Waals surface area (Å²) >= 11 is 0. The van der Waals surface area contributed by atoms with Crippen LogP contribution >= 0.6 is 0 Å². The van der Waals surface area contributed by atoms with Crippen molar-refractivity contribution in [2.24, 2.45) is 0 Å². The number of hydrogen-bond donors (Lipinski definition) is 2. The van der Waals surface area contributed by atoms with Crippen LogP contribution in [0.15, 0.2) is 36.7 Å². The monoisotopic (exact) mass is 411 g/mol. The third-order valence-electron chi connectivity index (χ3n) is 6.08. The number of halogens is 2. The zero-order valence-electron chi connectivity index (χ0n) is 16.4. The maximum Gasteiger partial charge on any atom is 0.156 e. The van der Waals surface area contributed by atoms with E-state index in [1.54, 1.807) is 0 Å². The number of fused-ring (bicyclic) bond motifs is 1. The van der Waals surface area contributed by atoms with Gasteiger partial charge in [0.25, 0.3) is 0 Å². The van der Waals surface area contributed by atoms with Gasteiger partial charge in [0.1, 0.15) is 29.3 Å². The molecule has 1 aliphatic carbocycles. The van der Waals surface area contributed by atoms with E-state index < -0.39 is 11.6 Å². The first-order chi connectivity index (χ1) is 14.6. The predicted molar refractivity (Wildman–Crippen MR) is 110 cm³/mol. The molecule has 6 nitrogen and oxygen atoms in total. The van der Waals surface area contributed by atoms with Crippen molar-refractivity contribution in [1.29, 1.82) is 0 Å². The molecule has 0 radical (unpaired) electrons. The molecular weight excluding hydrogens is 388 g/mol. The molecule has 3 unspecified atom stereocenters. The molecule has 1 aliphatic heterocycles. The van der Waals surface area contributed by atoms with Crippen molar-refractivity contribution in [3.05, 3.63) is 53.9 Å². The average molecular weight is 411 g/mol. The van der Waals surface area contributed by atoms with Crippen molar-refractivity contribution in [3.63, 3.8) is 0 Å². The van der Waals surface area contributed by atoms with Gasteiger partial charge in [-0.1, -0.05) is 0 Å². The fraction of sp³-hybridized carbons (Fsp3) is 0.409. The van der Waals surface area contributed by atoms with Crippen LogP contribution in [0.4, 0.5) is 20.4 Å². The van der Waals surface area contributed by atoms with Gasteiger partial charge in [0.15, 0.2) is 5.82 Å². The Morgan fingerprint density at radius 2 is 1.97 bits per heavy atom. The summed E-state index contributed by atoms with van der Waals surface area (Å²) in [6, 6.07) is 7.23. The lowest BCUT2D eigenvalue weighted by atomic mass is 10.0. The highest BCUT2D eigenvalue weighted by molar-refractivity contribution is 5.86. The minimum absolute atomic E-state index is 0.143. The minimum atomic E-state index is -0.441. The maximum atomic E-state index is 14.4. The smallest absolute Gasteiger partial charge is 0.156 e. The molecule has 8 heteroatoms. The lowest BCUT2D eigenvalue weighted by Gasteiger charge is -2.27. The van der Waals surface area contributed by atoms with Crippen LogP contribution in [0.1, 0.15) is 43.7 Å². The SMILES string of the molecule is OC1CCC(Nc2ncnc3ccc(N4CCCC4c4cc(F)ccc4F)nc23)C1. The van der Waals surface area contributed by atoms with Gasteiger partial charge in [-0.25, -0.2) is 23.7 Å². The van der Waals surface area contributed by atoms with Gasteiger partial charge in [-0.15, -0.1) is 0 Å². The number of rotatable bonds is 4. The molecule has 2 aromatic heterocycles. The number of aromatic nitrogens is 3. The highest BCUT2D eigenvalue weighted by Crippen LogP contribution is 2.37. The van der Waals surface area contributed by atoms with Gasteiger partial charge in [0.2, 0.25) is 0 Å². The van der Waals surface area contributed by atoms with E-state index in [4.69, 9.17) is 4.98 Å². The third kappa shape index (κ3) is 3.56. The lowest BCUT2D eigenvalue weighted by Crippen LogP contribution is -2.24. The topological polar surface area (TPSA) is 74.2 Å². The largest absolute Gasteiger partial charge is 0.393 e. The van der Waals surface area contributed by atoms with Gasteiger partial charge in [0, 0.05) is 18.2 Å². The van der Waals surface area contributed by atoms with E-state index in [1.165, 1.54) is 18.5 Å². The second-order valence-corrected chi connectivity index (χ2v) is 8.08. The van der Waals surface area contributed by atoms with E-state index in [2.05, 4.69) is 15.3 Å². The van der Waals surface area contributed by atoms with Crippen molar-refractivity contribution in [1.82, 2.24) is 15.0 Å². The Labute approximate surface area is 173 Å². The van der Waals surface area contributed by atoms with Gasteiger partial charge >= 0.3 is 0 Å². The average Bonchev–Trinajstić information content (AvgIpc) is 3.39. The van der Waals surface area contributed by atoms with Gasteiger partial charge in [-0.05, 0) is 62.4 Å². The Balaban J connectivity index is 1.49. The molecule has 0 spiro atoms. The Morgan fingerprint density at radius 3 is 2.80 bits per heavy atom. The van der Waals surface area contributed by atoms with Crippen LogP contribution in [0.25, 0.3) is 11.0 Å². The summed E-state index contributed by atoms with van der Waals surface area (Å²) < 4.78 is 28.2. The van der Waals surface area contributed by atoms with Crippen molar-refractivity contribution < 1.29 is 13.9 Å². The Kier molecular flexibility index (Phi) is 4.94. The summed E-state index contributed by atoms with van der Waals surface area (Å²) in [6.07, 6.45) is 5.14. The zero-order chi connectivity index (χ0) is 20.7. The van der Waals surface area contributed by atoms with Gasteiger partial charge < -0.3 is 15.3 Å². The molecule has 1 aromatic carbocycles. The van der Waals surface area contributed by atoms with Crippen LogP contribution in [0.3, 0.4) is 0 Å². The molecular formula is C22H23F2N5O. The van der Waals surface area contributed by atoms with Crippen LogP contribution in [0.2, 0.25) is 0 Å². The van der Waals surface area contributed by atoms with Crippen LogP contribution in [-0.4, -0.2) is 38.7 Å². The number of hydrogen-bond acceptors (Lipinski definition) is 6. The first kappa shape index (κ1) is 19.1. The van der Waals surface area contributed by atoms with Crippen LogP contribution in [0.5, 0.6) is 0 Å². The summed E-state index contributed by atoms with van der Waals surface area (Å²) in [5, 5.41) is 13.2. The molecule has 0 amide bonds. The van der Waals surface area contributed by atoms with E-state index in [0.717, 1.165) is 31.7 Å². The molecule has 3 atom stereocenters. The lowest BCUT2D eigenvalue weighted by molar-refractivity contribution is 0.182. The number of anilines is 2. The summed E-state index contributed by atoms with van der Waals surface area (Å²) in [5.41, 5.74) is 1.71. The summed E-state index contributed by atoms with van der Waals surface area (Å²) in [6.45, 7) is 0.713. The molecule has 1 saturated heterocycles. The number of aliphatic hydroxyl groups is 1. The fourth-order valence-corrected chi connectivity index (χ4v) is 4.61. The second-order valence-electron chi connectivity index (χ2n) is 8.08. The van der Waals surface area contributed by atoms with Gasteiger partial charge in [-0.3, -0.25) is 0 Å². The molecule has 1 saturated carbocycles. The van der Waals surface area contributed by atoms with Gasteiger partial charge in [-0.2, -0.15) is 0 Å². The first-order valence-corrected chi connectivity index (χ1v) is 10.4. The Hall–Kier alpha value is -2.87. The molecule has 2 aliphatic rings. The predicted octanol–water partition coefficient (Wildman–Crippen LogP) is 3.97. The maximum absolute atomic E-state index is 14.4. The van der Waals surface area contributed by atoms with E-state index in [1.807, 2.05) is 17.0 Å². The van der Waals surface area contributed by atoms with E-state index >= 15 is 0 Å². The van der Waals surface area contributed by atoms with Crippen molar-refractivity contribution in [3.8, 4) is 0 Å². The molecule has 2 fully saturated rings. The number of nitrogens with one attached hydrogen (secondary N) is 1. The highest BCUT2D eigenvalue weighted by Gasteiger charge is 2.30. The zero-order valence-corrected chi connectivity index (χ0v) is 16.4. The normalized spacial score (nSPS) is 24.0. The van der Waals surface area contributed by atoms with Crippen molar-refractivity contribution in [2.75, 3.05) is 16.8 Å². The molecule has 30 heavy (non-hydrogen) atoms. The molecule has 5 rings (SSSR count). The van der Waals surface area contributed by atoms with Crippen molar-refractivity contribution in [2.45, 2.75) is 50.3 Å². The standard InChI is InChI=1S/C22H23F2N5O/c23-13-3-6-17(24)16(10-13)19-2-1-9-29(19)20-8-7-18-21(28-20)22(26-12-25-18)27-14-4-5-15(30)11-14/h3,6-8,10,12,14-15,19,30H,1-2,4-5,9,11H2,(H,25,26,27). The van der Waals surface area contributed by atoms with E-state index in [0.29, 0.717) is 41.2 Å². The third-order valence-corrected chi connectivity index (χ3v) is 6.08. The Morgan fingerprint density at radius 1 is 1.07 bits per heavy atom. The molecule has 0 bridgehead atoms. The first-order valence-electron chi connectivity index (χ1n) is 10.4. The minimum Gasteiger partial charge on any atom is -0.393 e. The van der Waals surface area contributed by atoms with Crippen LogP contribution in [-0.2, 0) is 0 Å². The van der Waals surface area contributed by atoms with E-state index in [9.17, 15) is 13.9 Å². The second kappa shape index (κ2) is 7.75. The summed E-state index contributed by atoms with van der Waals surface area (Å²) in [7, 11) is 0. The Bertz CT molecular complexity index is 1080. The quantitative estimate of drug-likeness (QED) is 0.677. The molecule has 3 heterocycles. The van der Waals surface area contributed by atoms with E-state index in [-0.39, 0.29) is 18.2 Å². The molecule has 3 aromatic rings. The number of pyridine rings is 1. The fourth-order valence-electron chi connectivity index (χ4n) is 4.61. The van der Waals surface area contributed by atoms with Crippen LogP contribution in [0, 0.1) is 11.6 Å². The highest BCUT2D eigenvalue weighted by atomic mass is 19.1. The number of nitrogens with zero attached hydrogens (tertiary/aromatic N) is 4. The molecule has 2 N–H and O–H groups in total. The summed E-state index contributed by atoms with van der Waals surface area (Å²) in [5.74, 6) is 0.481. The summed E-state index contributed by atoms with van der Waals surface area (Å²) in [4.78, 5) is 15.5. The number of benzene rings is 1. The van der Waals surface area contributed by atoms with Crippen molar-refractivity contribution >= 4 is 22.7 Å². The number of aliphatic hydroxyl groups excluding tert-OH is 1.